The first-order valence-corrected chi connectivity index (χ1v) is 7.42. The molecule has 0 aliphatic heterocycles. The van der Waals surface area contributed by atoms with E-state index < -0.39 is 6.36 Å². The van der Waals surface area contributed by atoms with Crippen LogP contribution in [0.15, 0.2) is 84.0 Å². The monoisotopic (exact) mass is 342 g/mol. The zero-order valence-electron chi connectivity index (χ0n) is 12.9. The molecule has 3 aromatic rings. The fourth-order valence-corrected chi connectivity index (χ4v) is 2.23. The SMILES string of the molecule is FC(F)(F)Oc1ccc(N=C(c2ccccc2)c2ccccc2)nc1. The van der Waals surface area contributed by atoms with Gasteiger partial charge in [0.15, 0.2) is 5.82 Å². The molecule has 0 radical (unpaired) electrons. The van der Waals surface area contributed by atoms with Crippen LogP contribution in [0.1, 0.15) is 11.1 Å². The molecular formula is C19H13F3N2O. The van der Waals surface area contributed by atoms with E-state index in [0.717, 1.165) is 17.3 Å². The van der Waals surface area contributed by atoms with Crippen molar-refractivity contribution in [3.63, 3.8) is 0 Å². The average Bonchev–Trinajstić information content (AvgIpc) is 2.61. The van der Waals surface area contributed by atoms with Crippen LogP contribution in [0.25, 0.3) is 0 Å². The predicted octanol–water partition coefficient (Wildman–Crippen LogP) is 5.15. The van der Waals surface area contributed by atoms with Crippen molar-refractivity contribution in [3.05, 3.63) is 90.1 Å². The highest BCUT2D eigenvalue weighted by Crippen LogP contribution is 2.24. The molecule has 1 aromatic heterocycles. The summed E-state index contributed by atoms with van der Waals surface area (Å²) in [5.41, 5.74) is 2.44. The van der Waals surface area contributed by atoms with Gasteiger partial charge in [-0.3, -0.25) is 0 Å². The Morgan fingerprint density at radius 3 is 1.80 bits per heavy atom. The second kappa shape index (κ2) is 7.17. The minimum Gasteiger partial charge on any atom is -0.404 e. The average molecular weight is 342 g/mol. The van der Waals surface area contributed by atoms with Gasteiger partial charge in [0.2, 0.25) is 0 Å². The molecule has 1 heterocycles. The van der Waals surface area contributed by atoms with Crippen LogP contribution in [0.2, 0.25) is 0 Å². The molecule has 3 rings (SSSR count). The number of aliphatic imine (C=N–C) groups is 1. The summed E-state index contributed by atoms with van der Waals surface area (Å²) in [6, 6.07) is 21.6. The zero-order chi connectivity index (χ0) is 17.7. The van der Waals surface area contributed by atoms with Gasteiger partial charge in [-0.2, -0.15) is 0 Å². The lowest BCUT2D eigenvalue weighted by molar-refractivity contribution is -0.274. The Morgan fingerprint density at radius 1 is 0.800 bits per heavy atom. The number of pyridine rings is 1. The quantitative estimate of drug-likeness (QED) is 0.615. The van der Waals surface area contributed by atoms with Crippen molar-refractivity contribution >= 4 is 11.5 Å². The van der Waals surface area contributed by atoms with Crippen molar-refractivity contribution in [3.8, 4) is 5.75 Å². The maximum atomic E-state index is 12.2. The van der Waals surface area contributed by atoms with Gasteiger partial charge in [0, 0.05) is 11.1 Å². The highest BCUT2D eigenvalue weighted by Gasteiger charge is 2.31. The van der Waals surface area contributed by atoms with Crippen LogP contribution in [0.4, 0.5) is 19.0 Å². The highest BCUT2D eigenvalue weighted by molar-refractivity contribution is 6.13. The summed E-state index contributed by atoms with van der Waals surface area (Å²) in [6.07, 6.45) is -3.74. The van der Waals surface area contributed by atoms with Crippen molar-refractivity contribution < 1.29 is 17.9 Å². The molecule has 0 N–H and O–H groups in total. The molecule has 25 heavy (non-hydrogen) atoms. The van der Waals surface area contributed by atoms with Gasteiger partial charge < -0.3 is 4.74 Å². The standard InChI is InChI=1S/C19H13F3N2O/c20-19(21,22)25-16-11-12-17(23-13-16)24-18(14-7-3-1-4-8-14)15-9-5-2-6-10-15/h1-13H. The third kappa shape index (κ3) is 4.67. The molecule has 0 aliphatic rings. The van der Waals surface area contributed by atoms with Crippen LogP contribution in [-0.2, 0) is 0 Å². The zero-order valence-corrected chi connectivity index (χ0v) is 12.9. The minimum atomic E-state index is -4.74. The van der Waals surface area contributed by atoms with E-state index >= 15 is 0 Å². The van der Waals surface area contributed by atoms with E-state index in [2.05, 4.69) is 14.7 Å². The maximum Gasteiger partial charge on any atom is 0.573 e. The van der Waals surface area contributed by atoms with Gasteiger partial charge in [0.25, 0.3) is 0 Å². The van der Waals surface area contributed by atoms with Crippen LogP contribution >= 0.6 is 0 Å². The number of ether oxygens (including phenoxy) is 1. The van der Waals surface area contributed by atoms with E-state index in [-0.39, 0.29) is 11.6 Å². The van der Waals surface area contributed by atoms with Gasteiger partial charge in [-0.1, -0.05) is 60.7 Å². The van der Waals surface area contributed by atoms with Gasteiger partial charge >= 0.3 is 6.36 Å². The smallest absolute Gasteiger partial charge is 0.404 e. The molecule has 0 spiro atoms. The number of halogens is 3. The summed E-state index contributed by atoms with van der Waals surface area (Å²) in [5, 5.41) is 0. The van der Waals surface area contributed by atoms with E-state index in [4.69, 9.17) is 0 Å². The topological polar surface area (TPSA) is 34.5 Å². The summed E-state index contributed by atoms with van der Waals surface area (Å²) < 4.78 is 40.5. The van der Waals surface area contributed by atoms with Gasteiger partial charge in [0.1, 0.15) is 5.75 Å². The Labute approximate surface area is 142 Å². The van der Waals surface area contributed by atoms with E-state index in [0.29, 0.717) is 5.71 Å². The van der Waals surface area contributed by atoms with Crippen molar-refractivity contribution in [1.82, 2.24) is 4.98 Å². The molecule has 0 atom stereocenters. The lowest BCUT2D eigenvalue weighted by atomic mass is 10.0. The molecule has 2 aromatic carbocycles. The number of rotatable bonds is 4. The van der Waals surface area contributed by atoms with E-state index in [9.17, 15) is 13.2 Å². The molecule has 0 amide bonds. The van der Waals surface area contributed by atoms with Gasteiger partial charge in [0.05, 0.1) is 11.9 Å². The molecule has 126 valence electrons. The molecule has 0 bridgehead atoms. The first-order chi connectivity index (χ1) is 12.0. The molecule has 0 saturated heterocycles. The predicted molar refractivity (Wildman–Crippen MR) is 89.1 cm³/mol. The Hall–Kier alpha value is -3.15. The molecule has 0 saturated carbocycles. The first-order valence-electron chi connectivity index (χ1n) is 7.42. The van der Waals surface area contributed by atoms with Gasteiger partial charge in [-0.25, -0.2) is 9.98 Å². The van der Waals surface area contributed by atoms with Crippen molar-refractivity contribution in [2.75, 3.05) is 0 Å². The second-order valence-corrected chi connectivity index (χ2v) is 5.09. The normalized spacial score (nSPS) is 11.0. The maximum absolute atomic E-state index is 12.2. The minimum absolute atomic E-state index is 0.289. The fourth-order valence-electron chi connectivity index (χ4n) is 2.23. The summed E-state index contributed by atoms with van der Waals surface area (Å²) >= 11 is 0. The molecular weight excluding hydrogens is 329 g/mol. The van der Waals surface area contributed by atoms with E-state index in [1.807, 2.05) is 60.7 Å². The summed E-state index contributed by atoms with van der Waals surface area (Å²) in [5.74, 6) is -0.0929. The number of hydrogen-bond donors (Lipinski definition) is 0. The summed E-state index contributed by atoms with van der Waals surface area (Å²) in [6.45, 7) is 0. The Balaban J connectivity index is 1.96. The molecule has 0 aliphatic carbocycles. The van der Waals surface area contributed by atoms with Crippen LogP contribution in [-0.4, -0.2) is 17.1 Å². The van der Waals surface area contributed by atoms with E-state index in [1.165, 1.54) is 12.1 Å². The fraction of sp³-hybridized carbons (Fsp3) is 0.0526. The van der Waals surface area contributed by atoms with Crippen molar-refractivity contribution in [2.24, 2.45) is 4.99 Å². The number of hydrogen-bond acceptors (Lipinski definition) is 3. The lowest BCUT2D eigenvalue weighted by Gasteiger charge is -2.09. The Bertz CT molecular complexity index is 804. The third-order valence-electron chi connectivity index (χ3n) is 3.28. The van der Waals surface area contributed by atoms with Crippen LogP contribution < -0.4 is 4.74 Å². The number of aromatic nitrogens is 1. The van der Waals surface area contributed by atoms with Crippen LogP contribution in [0, 0.1) is 0 Å². The van der Waals surface area contributed by atoms with Crippen molar-refractivity contribution in [2.45, 2.75) is 6.36 Å². The van der Waals surface area contributed by atoms with Crippen molar-refractivity contribution in [1.29, 1.82) is 0 Å². The Kier molecular flexibility index (Phi) is 4.79. The molecule has 0 unspecified atom stereocenters. The first kappa shape index (κ1) is 16.7. The number of alkyl halides is 3. The molecule has 6 heteroatoms. The van der Waals surface area contributed by atoms with E-state index in [1.54, 1.807) is 0 Å². The third-order valence-corrected chi connectivity index (χ3v) is 3.28. The van der Waals surface area contributed by atoms with Gasteiger partial charge in [-0.15, -0.1) is 13.2 Å². The summed E-state index contributed by atoms with van der Waals surface area (Å²) in [7, 11) is 0. The Morgan fingerprint density at radius 2 is 1.36 bits per heavy atom. The lowest BCUT2D eigenvalue weighted by Crippen LogP contribution is -2.17. The largest absolute Gasteiger partial charge is 0.573 e. The molecule has 3 nitrogen and oxygen atoms in total. The van der Waals surface area contributed by atoms with Gasteiger partial charge in [-0.05, 0) is 12.1 Å². The number of nitrogens with zero attached hydrogens (tertiary/aromatic N) is 2. The number of benzene rings is 2. The molecule has 0 fully saturated rings. The van der Waals surface area contributed by atoms with Crippen LogP contribution in [0.3, 0.4) is 0 Å². The summed E-state index contributed by atoms with van der Waals surface area (Å²) in [4.78, 5) is 8.45. The highest BCUT2D eigenvalue weighted by atomic mass is 19.4. The second-order valence-electron chi connectivity index (χ2n) is 5.09. The van der Waals surface area contributed by atoms with Crippen LogP contribution in [0.5, 0.6) is 5.75 Å².